The zero-order valence-corrected chi connectivity index (χ0v) is 14.6. The van der Waals surface area contributed by atoms with Gasteiger partial charge in [-0.3, -0.25) is 14.8 Å². The molecule has 0 saturated carbocycles. The molecule has 25 heavy (non-hydrogen) atoms. The number of hydrogen-bond donors (Lipinski definition) is 3. The number of nitrogens with one attached hydrogen (secondary N) is 1. The first-order valence-corrected chi connectivity index (χ1v) is 7.62. The van der Waals surface area contributed by atoms with E-state index in [0.717, 1.165) is 23.2 Å². The highest BCUT2D eigenvalue weighted by molar-refractivity contribution is 6.25. The third-order valence-corrected chi connectivity index (χ3v) is 3.68. The molecule has 134 valence electrons. The van der Waals surface area contributed by atoms with E-state index >= 15 is 0 Å². The number of aliphatic imine (C=N–C) groups is 2. The fourth-order valence-electron chi connectivity index (χ4n) is 2.45. The van der Waals surface area contributed by atoms with Crippen LogP contribution in [0.5, 0.6) is 0 Å². The van der Waals surface area contributed by atoms with E-state index in [2.05, 4.69) is 20.3 Å². The SMILES string of the molecule is CN=C(c1cc(NC2=NC(N)C(F)C=C2C(N)=O)cnc1C)N(C)C. The predicted octanol–water partition coefficient (Wildman–Crippen LogP) is 0.187. The van der Waals surface area contributed by atoms with E-state index in [1.54, 1.807) is 13.2 Å². The van der Waals surface area contributed by atoms with Gasteiger partial charge >= 0.3 is 0 Å². The molecule has 2 heterocycles. The average molecular weight is 347 g/mol. The molecular formula is C16H22FN7O. The number of amidine groups is 2. The quantitative estimate of drug-likeness (QED) is 0.532. The molecule has 8 nitrogen and oxygen atoms in total. The Morgan fingerprint density at radius 1 is 1.44 bits per heavy atom. The first kappa shape index (κ1) is 18.5. The second-order valence-corrected chi connectivity index (χ2v) is 5.78. The standard InChI is InChI=1S/C16H22FN7O/c1-8-10(16(20-2)24(3)4)5-9(7-21-8)22-15-11(14(19)25)6-12(17)13(18)23-15/h5-7,12-13H,18H2,1-4H3,(H2,19,25)(H,22,23). The summed E-state index contributed by atoms with van der Waals surface area (Å²) in [5.74, 6) is 0.0703. The number of primary amides is 1. The Bertz CT molecular complexity index is 770. The maximum atomic E-state index is 13.7. The van der Waals surface area contributed by atoms with E-state index in [9.17, 15) is 9.18 Å². The molecule has 2 unspecified atom stereocenters. The molecule has 0 aromatic carbocycles. The minimum atomic E-state index is -1.56. The first-order chi connectivity index (χ1) is 11.7. The number of nitrogens with zero attached hydrogens (tertiary/aromatic N) is 4. The highest BCUT2D eigenvalue weighted by Gasteiger charge is 2.26. The zero-order valence-electron chi connectivity index (χ0n) is 14.6. The van der Waals surface area contributed by atoms with Crippen LogP contribution >= 0.6 is 0 Å². The van der Waals surface area contributed by atoms with Crippen molar-refractivity contribution in [2.45, 2.75) is 19.3 Å². The van der Waals surface area contributed by atoms with Crippen molar-refractivity contribution >= 4 is 23.3 Å². The molecule has 1 aromatic rings. The van der Waals surface area contributed by atoms with Crippen LogP contribution < -0.4 is 16.8 Å². The van der Waals surface area contributed by atoms with Crippen LogP contribution in [-0.4, -0.2) is 60.9 Å². The van der Waals surface area contributed by atoms with E-state index in [1.807, 2.05) is 32.0 Å². The van der Waals surface area contributed by atoms with Crippen molar-refractivity contribution in [1.29, 1.82) is 0 Å². The number of alkyl halides is 1. The molecule has 5 N–H and O–H groups in total. The summed E-state index contributed by atoms with van der Waals surface area (Å²) in [6.45, 7) is 1.87. The van der Waals surface area contributed by atoms with Gasteiger partial charge in [0.2, 0.25) is 0 Å². The highest BCUT2D eigenvalue weighted by atomic mass is 19.1. The topological polar surface area (TPSA) is 122 Å². The van der Waals surface area contributed by atoms with Crippen LogP contribution in [-0.2, 0) is 4.79 Å². The summed E-state index contributed by atoms with van der Waals surface area (Å²) in [7, 11) is 5.44. The Balaban J connectivity index is 2.39. The number of aromatic nitrogens is 1. The lowest BCUT2D eigenvalue weighted by molar-refractivity contribution is -0.114. The third kappa shape index (κ3) is 4.00. The van der Waals surface area contributed by atoms with Crippen LogP contribution in [0.3, 0.4) is 0 Å². The molecule has 0 radical (unpaired) electrons. The van der Waals surface area contributed by atoms with Gasteiger partial charge in [-0.2, -0.15) is 0 Å². The number of dihydropyridines is 1. The molecule has 0 fully saturated rings. The summed E-state index contributed by atoms with van der Waals surface area (Å²) in [6.07, 6.45) is -0.00936. The van der Waals surface area contributed by atoms with E-state index in [1.165, 1.54) is 0 Å². The van der Waals surface area contributed by atoms with Crippen molar-refractivity contribution < 1.29 is 9.18 Å². The van der Waals surface area contributed by atoms with Gasteiger partial charge in [-0.05, 0) is 19.1 Å². The maximum absolute atomic E-state index is 13.7. The Labute approximate surface area is 145 Å². The first-order valence-electron chi connectivity index (χ1n) is 7.62. The van der Waals surface area contributed by atoms with Crippen LogP contribution in [0.4, 0.5) is 10.1 Å². The monoisotopic (exact) mass is 347 g/mol. The second kappa shape index (κ2) is 7.39. The molecule has 2 rings (SSSR count). The van der Waals surface area contributed by atoms with Gasteiger partial charge in [-0.1, -0.05) is 0 Å². The van der Waals surface area contributed by atoms with Gasteiger partial charge in [-0.15, -0.1) is 0 Å². The number of hydrogen-bond acceptors (Lipinski definition) is 6. The third-order valence-electron chi connectivity index (χ3n) is 3.68. The molecule has 1 amide bonds. The summed E-state index contributed by atoms with van der Waals surface area (Å²) in [6, 6.07) is 1.82. The normalized spacial score (nSPS) is 20.6. The molecule has 1 aliphatic rings. The maximum Gasteiger partial charge on any atom is 0.252 e. The average Bonchev–Trinajstić information content (AvgIpc) is 2.53. The summed E-state index contributed by atoms with van der Waals surface area (Å²) in [5.41, 5.74) is 13.0. The summed E-state index contributed by atoms with van der Waals surface area (Å²) >= 11 is 0. The number of carbonyl (C=O) groups is 1. The van der Waals surface area contributed by atoms with E-state index in [0.29, 0.717) is 5.69 Å². The number of amides is 1. The van der Waals surface area contributed by atoms with Gasteiger partial charge in [0.05, 0.1) is 17.5 Å². The van der Waals surface area contributed by atoms with Gasteiger partial charge < -0.3 is 21.7 Å². The Morgan fingerprint density at radius 3 is 2.68 bits per heavy atom. The van der Waals surface area contributed by atoms with Crippen LogP contribution in [0.15, 0.2) is 33.9 Å². The minimum absolute atomic E-state index is 0.0479. The van der Waals surface area contributed by atoms with E-state index in [-0.39, 0.29) is 11.4 Å². The molecule has 0 aliphatic carbocycles. The molecule has 0 spiro atoms. The van der Waals surface area contributed by atoms with Crippen LogP contribution in [0.25, 0.3) is 0 Å². The highest BCUT2D eigenvalue weighted by Crippen LogP contribution is 2.19. The molecule has 9 heteroatoms. The van der Waals surface area contributed by atoms with E-state index in [4.69, 9.17) is 11.5 Å². The summed E-state index contributed by atoms with van der Waals surface area (Å²) in [4.78, 5) is 26.0. The van der Waals surface area contributed by atoms with Gasteiger partial charge in [0.15, 0.2) is 6.17 Å². The molecule has 1 aliphatic heterocycles. The van der Waals surface area contributed by atoms with Crippen molar-refractivity contribution in [1.82, 2.24) is 9.88 Å². The van der Waals surface area contributed by atoms with Crippen molar-refractivity contribution in [3.63, 3.8) is 0 Å². The number of pyridine rings is 1. The number of rotatable bonds is 3. The van der Waals surface area contributed by atoms with Crippen molar-refractivity contribution in [2.75, 3.05) is 26.5 Å². The molecular weight excluding hydrogens is 325 g/mol. The van der Waals surface area contributed by atoms with E-state index < -0.39 is 18.2 Å². The van der Waals surface area contributed by atoms with Gasteiger partial charge in [-0.25, -0.2) is 9.38 Å². The van der Waals surface area contributed by atoms with Crippen molar-refractivity contribution in [3.8, 4) is 0 Å². The molecule has 0 bridgehead atoms. The lowest BCUT2D eigenvalue weighted by Crippen LogP contribution is -2.39. The van der Waals surface area contributed by atoms with Crippen molar-refractivity contribution in [3.05, 3.63) is 35.2 Å². The van der Waals surface area contributed by atoms with Gasteiger partial charge in [0, 0.05) is 32.4 Å². The fraction of sp³-hybridized carbons (Fsp3) is 0.375. The fourth-order valence-corrected chi connectivity index (χ4v) is 2.45. The second-order valence-electron chi connectivity index (χ2n) is 5.78. The smallest absolute Gasteiger partial charge is 0.252 e. The lowest BCUT2D eigenvalue weighted by Gasteiger charge is -2.22. The molecule has 0 saturated heterocycles. The molecule has 2 atom stereocenters. The predicted molar refractivity (Wildman–Crippen MR) is 96.3 cm³/mol. The summed E-state index contributed by atoms with van der Waals surface area (Å²) in [5, 5.41) is 2.95. The van der Waals surface area contributed by atoms with Crippen LogP contribution in [0.1, 0.15) is 11.3 Å². The molecule has 1 aromatic heterocycles. The number of anilines is 1. The minimum Gasteiger partial charge on any atom is -0.365 e. The van der Waals surface area contributed by atoms with Gasteiger partial charge in [0.1, 0.15) is 17.8 Å². The largest absolute Gasteiger partial charge is 0.365 e. The van der Waals surface area contributed by atoms with Crippen LogP contribution in [0.2, 0.25) is 0 Å². The van der Waals surface area contributed by atoms with Crippen LogP contribution in [0, 0.1) is 6.92 Å². The summed E-state index contributed by atoms with van der Waals surface area (Å²) < 4.78 is 13.7. The number of halogens is 1. The lowest BCUT2D eigenvalue weighted by atomic mass is 10.1. The Kier molecular flexibility index (Phi) is 5.48. The number of carbonyl (C=O) groups excluding carboxylic acids is 1. The zero-order chi connectivity index (χ0) is 18.7. The number of aryl methyl sites for hydroxylation is 1. The number of nitrogens with two attached hydrogens (primary N) is 2. The Morgan fingerprint density at radius 2 is 2.12 bits per heavy atom. The Hall–Kier alpha value is -2.81. The van der Waals surface area contributed by atoms with Crippen molar-refractivity contribution in [2.24, 2.45) is 21.5 Å². The van der Waals surface area contributed by atoms with Gasteiger partial charge in [0.25, 0.3) is 5.91 Å².